The number of nitrogens with one attached hydrogen (secondary N) is 1. The lowest BCUT2D eigenvalue weighted by Crippen LogP contribution is -2.12. The number of carbonyl (C=O) groups excluding carboxylic acids is 1. The number of hydrogen-bond donors (Lipinski definition) is 2. The summed E-state index contributed by atoms with van der Waals surface area (Å²) in [6.45, 7) is 0. The van der Waals surface area contributed by atoms with E-state index in [2.05, 4.69) is 22.9 Å². The minimum absolute atomic E-state index is 0.141. The van der Waals surface area contributed by atoms with E-state index >= 15 is 0 Å². The second-order valence-electron chi connectivity index (χ2n) is 4.52. The number of halogens is 1. The van der Waals surface area contributed by atoms with Gasteiger partial charge in [-0.3, -0.25) is 9.78 Å². The molecular weight excluding hydrogens is 287 g/mol. The Balaban J connectivity index is 1.94. The first kappa shape index (κ1) is 13.6. The fourth-order valence-electron chi connectivity index (χ4n) is 2.07. The van der Waals surface area contributed by atoms with Crippen LogP contribution in [-0.2, 0) is 0 Å². The monoisotopic (exact) mass is 298 g/mol. The first-order chi connectivity index (χ1) is 10.1. The minimum atomic E-state index is -0.454. The van der Waals surface area contributed by atoms with Crippen molar-refractivity contribution in [3.63, 3.8) is 0 Å². The van der Waals surface area contributed by atoms with Crippen molar-refractivity contribution in [2.75, 3.05) is 5.32 Å². The van der Waals surface area contributed by atoms with E-state index in [-0.39, 0.29) is 10.8 Å². The first-order valence-electron chi connectivity index (χ1n) is 6.28. The van der Waals surface area contributed by atoms with Crippen molar-refractivity contribution in [3.05, 3.63) is 66.2 Å². The molecule has 1 aromatic heterocycles. The highest BCUT2D eigenvalue weighted by atomic mass is 32.1. The van der Waals surface area contributed by atoms with E-state index < -0.39 is 5.82 Å². The number of aromatic nitrogens is 1. The third-order valence-corrected chi connectivity index (χ3v) is 3.48. The van der Waals surface area contributed by atoms with Crippen LogP contribution in [0.25, 0.3) is 10.8 Å². The minimum Gasteiger partial charge on any atom is -0.321 e. The van der Waals surface area contributed by atoms with Crippen molar-refractivity contribution in [1.82, 2.24) is 4.98 Å². The van der Waals surface area contributed by atoms with Gasteiger partial charge in [0.2, 0.25) is 0 Å². The van der Waals surface area contributed by atoms with E-state index in [4.69, 9.17) is 0 Å². The van der Waals surface area contributed by atoms with Crippen LogP contribution < -0.4 is 5.32 Å². The van der Waals surface area contributed by atoms with Gasteiger partial charge in [0.25, 0.3) is 5.91 Å². The number of benzene rings is 2. The molecule has 0 bridgehead atoms. The number of fused-ring (bicyclic) bond motifs is 1. The predicted molar refractivity (Wildman–Crippen MR) is 83.3 cm³/mol. The lowest BCUT2D eigenvalue weighted by Gasteiger charge is -2.09. The average Bonchev–Trinajstić information content (AvgIpc) is 2.50. The second kappa shape index (κ2) is 5.54. The maximum Gasteiger partial charge on any atom is 0.255 e. The van der Waals surface area contributed by atoms with E-state index in [9.17, 15) is 9.18 Å². The van der Waals surface area contributed by atoms with Gasteiger partial charge in [-0.05, 0) is 35.7 Å². The summed E-state index contributed by atoms with van der Waals surface area (Å²) in [7, 11) is 0. The van der Waals surface area contributed by atoms with Crippen LogP contribution in [0.5, 0.6) is 0 Å². The van der Waals surface area contributed by atoms with Gasteiger partial charge in [-0.1, -0.05) is 12.1 Å². The number of carbonyl (C=O) groups is 1. The quantitative estimate of drug-likeness (QED) is 0.704. The zero-order valence-electron chi connectivity index (χ0n) is 10.9. The van der Waals surface area contributed by atoms with Gasteiger partial charge in [0, 0.05) is 28.2 Å². The largest absolute Gasteiger partial charge is 0.321 e. The molecular formula is C16H11FN2OS. The molecule has 5 heteroatoms. The summed E-state index contributed by atoms with van der Waals surface area (Å²) in [4.78, 5) is 16.4. The normalized spacial score (nSPS) is 10.6. The topological polar surface area (TPSA) is 42.0 Å². The third kappa shape index (κ3) is 2.73. The van der Waals surface area contributed by atoms with Crippen molar-refractivity contribution in [2.24, 2.45) is 0 Å². The molecule has 1 amide bonds. The molecule has 0 atom stereocenters. The fraction of sp³-hybridized carbons (Fsp3) is 0. The van der Waals surface area contributed by atoms with Crippen molar-refractivity contribution < 1.29 is 9.18 Å². The highest BCUT2D eigenvalue weighted by Gasteiger charge is 2.10. The maximum absolute atomic E-state index is 13.2. The molecule has 1 N–H and O–H groups in total. The molecule has 0 aliphatic rings. The van der Waals surface area contributed by atoms with Crippen LogP contribution in [0.3, 0.4) is 0 Å². The number of nitrogens with zero attached hydrogens (tertiary/aromatic N) is 1. The number of amides is 1. The van der Waals surface area contributed by atoms with E-state index in [1.165, 1.54) is 18.2 Å². The molecule has 0 unspecified atom stereocenters. The number of anilines is 1. The summed E-state index contributed by atoms with van der Waals surface area (Å²) in [5.41, 5.74) is 1.01. The highest BCUT2D eigenvalue weighted by Crippen LogP contribution is 2.23. The summed E-state index contributed by atoms with van der Waals surface area (Å²) in [5.74, 6) is -0.772. The van der Waals surface area contributed by atoms with Crippen LogP contribution in [0.4, 0.5) is 10.1 Å². The summed E-state index contributed by atoms with van der Waals surface area (Å²) in [6, 6.07) is 11.5. The standard InChI is InChI=1S/C16H11FN2OS/c17-13-5-4-11(8-15(13)21)16(20)19-14-3-1-2-10-6-7-18-9-12(10)14/h1-9,21H,(H,19,20). The van der Waals surface area contributed by atoms with E-state index in [0.717, 1.165) is 10.8 Å². The zero-order valence-corrected chi connectivity index (χ0v) is 11.8. The summed E-state index contributed by atoms with van der Waals surface area (Å²) >= 11 is 3.98. The molecule has 0 fully saturated rings. The van der Waals surface area contributed by atoms with Crippen molar-refractivity contribution in [2.45, 2.75) is 4.90 Å². The van der Waals surface area contributed by atoms with Crippen molar-refractivity contribution in [1.29, 1.82) is 0 Å². The van der Waals surface area contributed by atoms with Crippen LogP contribution in [0.2, 0.25) is 0 Å². The summed E-state index contributed by atoms with van der Waals surface area (Å²) in [5, 5.41) is 4.64. The number of pyridine rings is 1. The average molecular weight is 298 g/mol. The second-order valence-corrected chi connectivity index (χ2v) is 5.00. The Morgan fingerprint density at radius 3 is 2.86 bits per heavy atom. The number of thiol groups is 1. The third-order valence-electron chi connectivity index (χ3n) is 3.14. The van der Waals surface area contributed by atoms with Gasteiger partial charge in [0.05, 0.1) is 5.69 Å². The van der Waals surface area contributed by atoms with Gasteiger partial charge >= 0.3 is 0 Å². The van der Waals surface area contributed by atoms with Gasteiger partial charge in [-0.2, -0.15) is 0 Å². The molecule has 0 radical (unpaired) electrons. The van der Waals surface area contributed by atoms with Gasteiger partial charge in [0.15, 0.2) is 0 Å². The van der Waals surface area contributed by atoms with Crippen molar-refractivity contribution >= 4 is 35.0 Å². The Morgan fingerprint density at radius 1 is 1.19 bits per heavy atom. The molecule has 0 saturated heterocycles. The van der Waals surface area contributed by atoms with Crippen LogP contribution in [0, 0.1) is 5.82 Å². The smallest absolute Gasteiger partial charge is 0.255 e. The molecule has 1 heterocycles. The molecule has 104 valence electrons. The van der Waals surface area contributed by atoms with Crippen LogP contribution in [-0.4, -0.2) is 10.9 Å². The Labute approximate surface area is 126 Å². The fourth-order valence-corrected chi connectivity index (χ4v) is 2.28. The molecule has 0 spiro atoms. The molecule has 3 aromatic rings. The molecule has 0 aliphatic carbocycles. The molecule has 0 aliphatic heterocycles. The van der Waals surface area contributed by atoms with Gasteiger partial charge < -0.3 is 5.32 Å². The zero-order chi connectivity index (χ0) is 14.8. The molecule has 21 heavy (non-hydrogen) atoms. The highest BCUT2D eigenvalue weighted by molar-refractivity contribution is 7.80. The lowest BCUT2D eigenvalue weighted by atomic mass is 10.1. The number of rotatable bonds is 2. The molecule has 2 aromatic carbocycles. The Kier molecular flexibility index (Phi) is 3.58. The van der Waals surface area contributed by atoms with Gasteiger partial charge in [-0.15, -0.1) is 12.6 Å². The SMILES string of the molecule is O=C(Nc1cccc2ccncc12)c1ccc(F)c(S)c1. The summed E-state index contributed by atoms with van der Waals surface area (Å²) < 4.78 is 13.2. The van der Waals surface area contributed by atoms with Gasteiger partial charge in [-0.25, -0.2) is 4.39 Å². The van der Waals surface area contributed by atoms with Gasteiger partial charge in [0.1, 0.15) is 5.82 Å². The van der Waals surface area contributed by atoms with E-state index in [1.807, 2.05) is 18.2 Å². The van der Waals surface area contributed by atoms with Crippen LogP contribution in [0.1, 0.15) is 10.4 Å². The predicted octanol–water partition coefficient (Wildman–Crippen LogP) is 3.91. The van der Waals surface area contributed by atoms with Crippen LogP contribution in [0.15, 0.2) is 59.8 Å². The van der Waals surface area contributed by atoms with E-state index in [0.29, 0.717) is 11.3 Å². The van der Waals surface area contributed by atoms with E-state index in [1.54, 1.807) is 18.5 Å². The molecule has 3 rings (SSSR count). The molecule has 0 saturated carbocycles. The van der Waals surface area contributed by atoms with Crippen LogP contribution >= 0.6 is 12.6 Å². The molecule has 3 nitrogen and oxygen atoms in total. The first-order valence-corrected chi connectivity index (χ1v) is 6.72. The Bertz CT molecular complexity index is 830. The van der Waals surface area contributed by atoms with Crippen molar-refractivity contribution in [3.8, 4) is 0 Å². The maximum atomic E-state index is 13.2. The Morgan fingerprint density at radius 2 is 2.05 bits per heavy atom. The summed E-state index contributed by atoms with van der Waals surface area (Å²) in [6.07, 6.45) is 3.39. The lowest BCUT2D eigenvalue weighted by molar-refractivity contribution is 0.102. The number of hydrogen-bond acceptors (Lipinski definition) is 3. The Hall–Kier alpha value is -2.40.